The van der Waals surface area contributed by atoms with Crippen LogP contribution >= 0.6 is 0 Å². The molecule has 3 atom stereocenters. The predicted octanol–water partition coefficient (Wildman–Crippen LogP) is 6.13. The lowest BCUT2D eigenvalue weighted by atomic mass is 9.96. The third-order valence-corrected chi connectivity index (χ3v) is 8.55. The molecule has 8 heteroatoms. The number of methoxy groups -OCH3 is 1. The van der Waals surface area contributed by atoms with E-state index in [4.69, 9.17) is 4.74 Å². The van der Waals surface area contributed by atoms with Gasteiger partial charge >= 0.3 is 5.97 Å². The van der Waals surface area contributed by atoms with Crippen molar-refractivity contribution in [1.82, 2.24) is 24.5 Å². The fourth-order valence-corrected chi connectivity index (χ4v) is 6.42. The Labute approximate surface area is 240 Å². The van der Waals surface area contributed by atoms with Crippen molar-refractivity contribution in [3.63, 3.8) is 0 Å². The average molecular weight is 552 g/mol. The van der Waals surface area contributed by atoms with Gasteiger partial charge in [-0.25, -0.2) is 4.79 Å². The topological polar surface area (TPSA) is 82.3 Å². The quantitative estimate of drug-likeness (QED) is 0.246. The lowest BCUT2D eigenvalue weighted by Crippen LogP contribution is -2.43. The van der Waals surface area contributed by atoms with E-state index in [1.807, 2.05) is 55.8 Å². The Morgan fingerprint density at radius 3 is 2.59 bits per heavy atom. The SMILES string of the molecule is CCCC1CCCCN1C(=O)c1cccc(-c2cccc(-n3ccc(C(=O)OC)c3C3CC3c3cn(C)nn3)c2)c1. The predicted molar refractivity (Wildman–Crippen MR) is 157 cm³/mol. The van der Waals surface area contributed by atoms with Crippen LogP contribution in [0.4, 0.5) is 0 Å². The van der Waals surface area contributed by atoms with Crippen molar-refractivity contribution in [1.29, 1.82) is 0 Å². The number of esters is 1. The standard InChI is InChI=1S/C33H37N5O3/c1-4-9-25-13-5-6-16-38(25)32(39)24-12-7-10-22(18-24)23-11-8-14-26(19-23)37-17-15-27(33(40)41-3)31(37)29-20-28(29)30-21-36(2)35-34-30/h7-8,10-12,14-15,17-19,21,25,28-29H,4-6,9,13,16,20H2,1-3H3. The third kappa shape index (κ3) is 5.31. The number of carbonyl (C=O) groups excluding carboxylic acids is 2. The number of likely N-dealkylation sites (tertiary alicyclic amines) is 1. The minimum absolute atomic E-state index is 0.125. The Bertz CT molecular complexity index is 1570. The summed E-state index contributed by atoms with van der Waals surface area (Å²) in [5.41, 5.74) is 6.13. The molecule has 4 aromatic rings. The van der Waals surface area contributed by atoms with E-state index in [-0.39, 0.29) is 23.7 Å². The molecule has 212 valence electrons. The summed E-state index contributed by atoms with van der Waals surface area (Å²) >= 11 is 0. The molecule has 2 aliphatic rings. The van der Waals surface area contributed by atoms with Gasteiger partial charge in [-0.3, -0.25) is 9.48 Å². The van der Waals surface area contributed by atoms with E-state index in [0.29, 0.717) is 11.6 Å². The molecule has 1 amide bonds. The molecule has 1 aliphatic heterocycles. The smallest absolute Gasteiger partial charge is 0.339 e. The van der Waals surface area contributed by atoms with E-state index in [1.54, 1.807) is 4.68 Å². The molecule has 8 nitrogen and oxygen atoms in total. The normalized spacial score (nSPS) is 20.2. The number of carbonyl (C=O) groups is 2. The lowest BCUT2D eigenvalue weighted by molar-refractivity contribution is 0.0592. The van der Waals surface area contributed by atoms with Crippen LogP contribution in [0, 0.1) is 0 Å². The summed E-state index contributed by atoms with van der Waals surface area (Å²) in [5.74, 6) is 0.129. The van der Waals surface area contributed by atoms with E-state index < -0.39 is 0 Å². The van der Waals surface area contributed by atoms with Crippen LogP contribution in [-0.4, -0.2) is 56.0 Å². The Morgan fingerprint density at radius 2 is 1.83 bits per heavy atom. The Morgan fingerprint density at radius 1 is 1.02 bits per heavy atom. The van der Waals surface area contributed by atoms with Gasteiger partial charge in [0.15, 0.2) is 0 Å². The highest BCUT2D eigenvalue weighted by molar-refractivity contribution is 5.96. The summed E-state index contributed by atoms with van der Waals surface area (Å²) in [4.78, 5) is 28.4. The van der Waals surface area contributed by atoms with Gasteiger partial charge in [-0.1, -0.05) is 42.8 Å². The number of hydrogen-bond donors (Lipinski definition) is 0. The highest BCUT2D eigenvalue weighted by atomic mass is 16.5. The fraction of sp³-hybridized carbons (Fsp3) is 0.394. The molecular weight excluding hydrogens is 514 g/mol. The summed E-state index contributed by atoms with van der Waals surface area (Å²) in [5, 5.41) is 8.41. The molecule has 0 radical (unpaired) electrons. The first-order valence-electron chi connectivity index (χ1n) is 14.7. The molecule has 2 aromatic heterocycles. The number of aryl methyl sites for hydroxylation is 1. The molecule has 2 fully saturated rings. The van der Waals surface area contributed by atoms with Crippen LogP contribution in [0.5, 0.6) is 0 Å². The number of piperidine rings is 1. The van der Waals surface area contributed by atoms with E-state index in [0.717, 1.165) is 72.4 Å². The van der Waals surface area contributed by atoms with Gasteiger partial charge < -0.3 is 14.2 Å². The maximum atomic E-state index is 13.6. The molecule has 6 rings (SSSR count). The van der Waals surface area contributed by atoms with Crippen LogP contribution in [0.3, 0.4) is 0 Å². The van der Waals surface area contributed by atoms with E-state index in [9.17, 15) is 9.59 Å². The number of hydrogen-bond acceptors (Lipinski definition) is 5. The third-order valence-electron chi connectivity index (χ3n) is 8.55. The van der Waals surface area contributed by atoms with Crippen LogP contribution in [0.1, 0.15) is 89.4 Å². The van der Waals surface area contributed by atoms with Crippen molar-refractivity contribution in [2.24, 2.45) is 7.05 Å². The highest BCUT2D eigenvalue weighted by Gasteiger charge is 2.45. The van der Waals surface area contributed by atoms with Crippen LogP contribution in [0.15, 0.2) is 67.0 Å². The van der Waals surface area contributed by atoms with Crippen molar-refractivity contribution < 1.29 is 14.3 Å². The lowest BCUT2D eigenvalue weighted by Gasteiger charge is -2.36. The van der Waals surface area contributed by atoms with E-state index in [1.165, 1.54) is 13.5 Å². The van der Waals surface area contributed by atoms with Crippen LogP contribution < -0.4 is 0 Å². The number of nitrogens with zero attached hydrogens (tertiary/aromatic N) is 5. The molecule has 1 saturated carbocycles. The van der Waals surface area contributed by atoms with Gasteiger partial charge in [-0.2, -0.15) is 0 Å². The molecule has 0 spiro atoms. The van der Waals surface area contributed by atoms with Gasteiger partial charge in [0, 0.05) is 60.8 Å². The molecule has 41 heavy (non-hydrogen) atoms. The summed E-state index contributed by atoms with van der Waals surface area (Å²) < 4.78 is 8.93. The van der Waals surface area contributed by atoms with Crippen LogP contribution in [0.2, 0.25) is 0 Å². The van der Waals surface area contributed by atoms with Crippen molar-refractivity contribution >= 4 is 11.9 Å². The van der Waals surface area contributed by atoms with Gasteiger partial charge in [0.25, 0.3) is 5.91 Å². The zero-order valence-electron chi connectivity index (χ0n) is 24.0. The van der Waals surface area contributed by atoms with Crippen molar-refractivity contribution in [3.05, 3.63) is 89.5 Å². The van der Waals surface area contributed by atoms with Crippen molar-refractivity contribution in [2.45, 2.75) is 63.3 Å². The number of aromatic nitrogens is 4. The Kier molecular flexibility index (Phi) is 7.47. The highest BCUT2D eigenvalue weighted by Crippen LogP contribution is 2.55. The average Bonchev–Trinajstić information content (AvgIpc) is 3.46. The van der Waals surface area contributed by atoms with Gasteiger partial charge in [-0.05, 0) is 73.6 Å². The minimum atomic E-state index is -0.343. The molecule has 3 unspecified atom stereocenters. The van der Waals surface area contributed by atoms with E-state index >= 15 is 0 Å². The first-order chi connectivity index (χ1) is 20.0. The molecule has 1 saturated heterocycles. The second kappa shape index (κ2) is 11.4. The minimum Gasteiger partial charge on any atom is -0.465 e. The largest absolute Gasteiger partial charge is 0.465 e. The van der Waals surface area contributed by atoms with Crippen LogP contribution in [0.25, 0.3) is 16.8 Å². The summed E-state index contributed by atoms with van der Waals surface area (Å²) in [6, 6.07) is 18.4. The molecule has 0 bridgehead atoms. The van der Waals surface area contributed by atoms with Crippen molar-refractivity contribution in [2.75, 3.05) is 13.7 Å². The van der Waals surface area contributed by atoms with E-state index in [2.05, 4.69) is 44.9 Å². The maximum absolute atomic E-state index is 13.6. The first-order valence-corrected chi connectivity index (χ1v) is 14.7. The summed E-state index contributed by atoms with van der Waals surface area (Å²) in [7, 11) is 3.28. The molecule has 2 aromatic carbocycles. The monoisotopic (exact) mass is 551 g/mol. The molecule has 1 aliphatic carbocycles. The Balaban J connectivity index is 1.31. The fourth-order valence-electron chi connectivity index (χ4n) is 6.42. The Hall–Kier alpha value is -4.20. The van der Waals surface area contributed by atoms with Gasteiger partial charge in [0.1, 0.15) is 0 Å². The van der Waals surface area contributed by atoms with Gasteiger partial charge in [0.05, 0.1) is 18.4 Å². The second-order valence-corrected chi connectivity index (χ2v) is 11.3. The number of benzene rings is 2. The zero-order valence-corrected chi connectivity index (χ0v) is 24.0. The van der Waals surface area contributed by atoms with Gasteiger partial charge in [-0.15, -0.1) is 5.10 Å². The zero-order chi connectivity index (χ0) is 28.5. The molecular formula is C33H37N5O3. The molecule has 0 N–H and O–H groups in total. The second-order valence-electron chi connectivity index (χ2n) is 11.3. The number of amides is 1. The number of rotatable bonds is 8. The van der Waals surface area contributed by atoms with Gasteiger partial charge in [0.2, 0.25) is 0 Å². The summed E-state index contributed by atoms with van der Waals surface area (Å²) in [6.45, 7) is 3.02. The van der Waals surface area contributed by atoms with Crippen LogP contribution in [-0.2, 0) is 11.8 Å². The van der Waals surface area contributed by atoms with Crippen molar-refractivity contribution in [3.8, 4) is 16.8 Å². The molecule has 3 heterocycles. The number of ether oxygens (including phenoxy) is 1. The first kappa shape index (κ1) is 27.0. The maximum Gasteiger partial charge on any atom is 0.339 e. The summed E-state index contributed by atoms with van der Waals surface area (Å²) in [6.07, 6.45) is 10.3.